The van der Waals surface area contributed by atoms with Crippen molar-refractivity contribution in [1.82, 2.24) is 9.80 Å². The maximum absolute atomic E-state index is 13.9. The van der Waals surface area contributed by atoms with E-state index in [2.05, 4.69) is 0 Å². The molecule has 3 amide bonds. The summed E-state index contributed by atoms with van der Waals surface area (Å²) in [6.45, 7) is 3.69. The summed E-state index contributed by atoms with van der Waals surface area (Å²) < 4.78 is 13.9. The molecule has 1 aromatic carbocycles. The molecule has 3 rings (SSSR count). The largest absolute Gasteiger partial charge is 0.339 e. The first-order valence-electron chi connectivity index (χ1n) is 8.06. The van der Waals surface area contributed by atoms with Crippen LogP contribution in [0.25, 0.3) is 0 Å². The second-order valence-corrected chi connectivity index (χ2v) is 6.19. The SMILES string of the molecule is CC(=O)N1CCN(C(=O)[C@@H]2CC(=O)N(c3ccccc3F)C2)CC1. The number of para-hydroxylation sites is 1. The van der Waals surface area contributed by atoms with Gasteiger partial charge in [-0.3, -0.25) is 14.4 Å². The lowest BCUT2D eigenvalue weighted by Gasteiger charge is -2.35. The minimum absolute atomic E-state index is 0.00358. The molecule has 2 fully saturated rings. The molecule has 24 heavy (non-hydrogen) atoms. The minimum atomic E-state index is -0.464. The maximum atomic E-state index is 13.9. The van der Waals surface area contributed by atoms with Crippen LogP contribution in [0.4, 0.5) is 10.1 Å². The van der Waals surface area contributed by atoms with E-state index < -0.39 is 11.7 Å². The summed E-state index contributed by atoms with van der Waals surface area (Å²) in [7, 11) is 0. The number of rotatable bonds is 2. The molecule has 0 aliphatic carbocycles. The predicted molar refractivity (Wildman–Crippen MR) is 85.7 cm³/mol. The Labute approximate surface area is 139 Å². The maximum Gasteiger partial charge on any atom is 0.228 e. The van der Waals surface area contributed by atoms with E-state index in [9.17, 15) is 18.8 Å². The van der Waals surface area contributed by atoms with Gasteiger partial charge in [0.2, 0.25) is 17.7 Å². The van der Waals surface area contributed by atoms with Gasteiger partial charge in [0.1, 0.15) is 5.82 Å². The number of carbonyl (C=O) groups excluding carboxylic acids is 3. The van der Waals surface area contributed by atoms with Crippen LogP contribution in [-0.2, 0) is 14.4 Å². The number of nitrogens with zero attached hydrogens (tertiary/aromatic N) is 3. The Kier molecular flexibility index (Phi) is 4.51. The summed E-state index contributed by atoms with van der Waals surface area (Å²) >= 11 is 0. The van der Waals surface area contributed by atoms with Crippen molar-refractivity contribution in [2.75, 3.05) is 37.6 Å². The molecule has 2 aliphatic heterocycles. The van der Waals surface area contributed by atoms with Crippen LogP contribution in [0.1, 0.15) is 13.3 Å². The quantitative estimate of drug-likeness (QED) is 0.807. The Hall–Kier alpha value is -2.44. The van der Waals surface area contributed by atoms with Gasteiger partial charge >= 0.3 is 0 Å². The number of anilines is 1. The van der Waals surface area contributed by atoms with E-state index >= 15 is 0 Å². The summed E-state index contributed by atoms with van der Waals surface area (Å²) in [4.78, 5) is 40.9. The first kappa shape index (κ1) is 16.4. The molecular formula is C17H20FN3O3. The number of benzene rings is 1. The Balaban J connectivity index is 1.65. The van der Waals surface area contributed by atoms with Gasteiger partial charge in [-0.2, -0.15) is 0 Å². The lowest BCUT2D eigenvalue weighted by molar-refractivity contribution is -0.141. The fourth-order valence-electron chi connectivity index (χ4n) is 3.28. The van der Waals surface area contributed by atoms with Gasteiger partial charge in [0.15, 0.2) is 0 Å². The summed E-state index contributed by atoms with van der Waals surface area (Å²) in [5, 5.41) is 0. The minimum Gasteiger partial charge on any atom is -0.339 e. The topological polar surface area (TPSA) is 60.9 Å². The molecule has 128 valence electrons. The lowest BCUT2D eigenvalue weighted by Crippen LogP contribution is -2.51. The summed E-state index contributed by atoms with van der Waals surface area (Å²) in [6.07, 6.45) is 0.0973. The van der Waals surface area contributed by atoms with Crippen LogP contribution in [0.3, 0.4) is 0 Å². The number of hydrogen-bond acceptors (Lipinski definition) is 3. The first-order chi connectivity index (χ1) is 11.5. The molecule has 0 saturated carbocycles. The molecule has 0 N–H and O–H groups in total. The number of halogens is 1. The van der Waals surface area contributed by atoms with Crippen molar-refractivity contribution in [2.45, 2.75) is 13.3 Å². The van der Waals surface area contributed by atoms with E-state index in [0.29, 0.717) is 26.2 Å². The van der Waals surface area contributed by atoms with Gasteiger partial charge in [0.05, 0.1) is 11.6 Å². The standard InChI is InChI=1S/C17H20FN3O3/c1-12(22)19-6-8-20(9-7-19)17(24)13-10-16(23)21(11-13)15-5-3-2-4-14(15)18/h2-5,13H,6-11H2,1H3/t13-/m1/s1. The van der Waals surface area contributed by atoms with Gasteiger partial charge in [-0.05, 0) is 12.1 Å². The Morgan fingerprint density at radius 2 is 1.71 bits per heavy atom. The van der Waals surface area contributed by atoms with E-state index in [-0.39, 0.29) is 36.4 Å². The van der Waals surface area contributed by atoms with Gasteiger partial charge < -0.3 is 14.7 Å². The van der Waals surface area contributed by atoms with E-state index in [1.165, 1.54) is 17.9 Å². The highest BCUT2D eigenvalue weighted by Gasteiger charge is 2.38. The smallest absolute Gasteiger partial charge is 0.228 e. The van der Waals surface area contributed by atoms with Crippen molar-refractivity contribution < 1.29 is 18.8 Å². The Morgan fingerprint density at radius 1 is 1.08 bits per heavy atom. The van der Waals surface area contributed by atoms with Gasteiger partial charge in [-0.25, -0.2) is 4.39 Å². The fourth-order valence-corrected chi connectivity index (χ4v) is 3.28. The van der Waals surface area contributed by atoms with Crippen molar-refractivity contribution in [3.63, 3.8) is 0 Å². The van der Waals surface area contributed by atoms with Crippen LogP contribution in [0.15, 0.2) is 24.3 Å². The predicted octanol–water partition coefficient (Wildman–Crippen LogP) is 0.869. The summed E-state index contributed by atoms with van der Waals surface area (Å²) in [5.74, 6) is -1.25. The molecule has 0 spiro atoms. The molecule has 0 radical (unpaired) electrons. The second kappa shape index (κ2) is 6.59. The molecule has 1 aromatic rings. The van der Waals surface area contributed by atoms with E-state index in [0.717, 1.165) is 0 Å². The van der Waals surface area contributed by atoms with E-state index in [1.807, 2.05) is 0 Å². The van der Waals surface area contributed by atoms with Crippen LogP contribution in [0.5, 0.6) is 0 Å². The van der Waals surface area contributed by atoms with E-state index in [4.69, 9.17) is 0 Å². The van der Waals surface area contributed by atoms with Crippen LogP contribution in [-0.4, -0.2) is 60.2 Å². The number of hydrogen-bond donors (Lipinski definition) is 0. The number of carbonyl (C=O) groups is 3. The molecule has 7 heteroatoms. The first-order valence-corrected chi connectivity index (χ1v) is 8.06. The van der Waals surface area contributed by atoms with Gasteiger partial charge in [0, 0.05) is 46.1 Å². The van der Waals surface area contributed by atoms with Gasteiger partial charge in [-0.1, -0.05) is 12.1 Å². The number of piperazine rings is 1. The molecule has 2 aliphatic rings. The number of amides is 3. The molecule has 2 heterocycles. The van der Waals surface area contributed by atoms with Crippen LogP contribution < -0.4 is 4.90 Å². The zero-order valence-electron chi connectivity index (χ0n) is 13.6. The third-order valence-electron chi connectivity index (χ3n) is 4.65. The van der Waals surface area contributed by atoms with Crippen molar-refractivity contribution in [3.8, 4) is 0 Å². The fraction of sp³-hybridized carbons (Fsp3) is 0.471. The molecule has 2 saturated heterocycles. The van der Waals surface area contributed by atoms with Crippen molar-refractivity contribution >= 4 is 23.4 Å². The normalized spacial score (nSPS) is 21.3. The van der Waals surface area contributed by atoms with Crippen molar-refractivity contribution in [1.29, 1.82) is 0 Å². The lowest BCUT2D eigenvalue weighted by atomic mass is 10.1. The summed E-state index contributed by atoms with van der Waals surface area (Å²) in [5.41, 5.74) is 0.221. The van der Waals surface area contributed by atoms with E-state index in [1.54, 1.807) is 28.0 Å². The van der Waals surface area contributed by atoms with Crippen molar-refractivity contribution in [2.24, 2.45) is 5.92 Å². The van der Waals surface area contributed by atoms with Crippen LogP contribution >= 0.6 is 0 Å². The molecule has 6 nitrogen and oxygen atoms in total. The molecule has 1 atom stereocenters. The van der Waals surface area contributed by atoms with Gasteiger partial charge in [0.25, 0.3) is 0 Å². The third kappa shape index (κ3) is 3.11. The van der Waals surface area contributed by atoms with Gasteiger partial charge in [-0.15, -0.1) is 0 Å². The Morgan fingerprint density at radius 3 is 2.33 bits per heavy atom. The average molecular weight is 333 g/mol. The summed E-state index contributed by atoms with van der Waals surface area (Å²) in [6, 6.07) is 6.09. The highest BCUT2D eigenvalue weighted by molar-refractivity contribution is 6.00. The highest BCUT2D eigenvalue weighted by Crippen LogP contribution is 2.28. The van der Waals surface area contributed by atoms with Crippen molar-refractivity contribution in [3.05, 3.63) is 30.1 Å². The third-order valence-corrected chi connectivity index (χ3v) is 4.65. The molecule has 0 unspecified atom stereocenters. The zero-order chi connectivity index (χ0) is 17.3. The Bertz CT molecular complexity index is 671. The second-order valence-electron chi connectivity index (χ2n) is 6.19. The van der Waals surface area contributed by atoms with Crippen LogP contribution in [0.2, 0.25) is 0 Å². The molecule has 0 aromatic heterocycles. The monoisotopic (exact) mass is 333 g/mol. The zero-order valence-corrected chi connectivity index (χ0v) is 13.6. The average Bonchev–Trinajstić information content (AvgIpc) is 2.96. The van der Waals surface area contributed by atoms with Crippen LogP contribution in [0, 0.1) is 11.7 Å². The highest BCUT2D eigenvalue weighted by atomic mass is 19.1. The molecule has 0 bridgehead atoms. The molecular weight excluding hydrogens is 313 g/mol.